The van der Waals surface area contributed by atoms with E-state index in [0.29, 0.717) is 0 Å². The molecule has 1 aliphatic heterocycles. The Morgan fingerprint density at radius 2 is 2.23 bits per heavy atom. The molecule has 1 unspecified atom stereocenters. The van der Waals surface area contributed by atoms with Gasteiger partial charge in [0.15, 0.2) is 0 Å². The van der Waals surface area contributed by atoms with Crippen LogP contribution in [0.1, 0.15) is 12.8 Å². The van der Waals surface area contributed by atoms with Crippen molar-refractivity contribution in [3.05, 3.63) is 0 Å². The molecular formula is C10H21BrN2. The van der Waals surface area contributed by atoms with Crippen LogP contribution in [-0.4, -0.2) is 55.4 Å². The summed E-state index contributed by atoms with van der Waals surface area (Å²) in [5, 5.41) is 1.18. The van der Waals surface area contributed by atoms with Crippen LogP contribution in [0.25, 0.3) is 0 Å². The van der Waals surface area contributed by atoms with Gasteiger partial charge in [-0.3, -0.25) is 0 Å². The molecule has 0 N–H and O–H groups in total. The first-order valence-corrected chi connectivity index (χ1v) is 6.27. The van der Waals surface area contributed by atoms with Gasteiger partial charge >= 0.3 is 0 Å². The molecule has 1 aliphatic rings. The highest BCUT2D eigenvalue weighted by Gasteiger charge is 2.20. The van der Waals surface area contributed by atoms with E-state index in [1.54, 1.807) is 0 Å². The van der Waals surface area contributed by atoms with Crippen LogP contribution in [0.2, 0.25) is 0 Å². The predicted molar refractivity (Wildman–Crippen MR) is 61.5 cm³/mol. The van der Waals surface area contributed by atoms with Crippen LogP contribution in [0.15, 0.2) is 0 Å². The molecule has 0 bridgehead atoms. The van der Waals surface area contributed by atoms with Gasteiger partial charge in [0.05, 0.1) is 0 Å². The molecule has 0 amide bonds. The third-order valence-corrected chi connectivity index (χ3v) is 3.58. The molecule has 1 saturated heterocycles. The van der Waals surface area contributed by atoms with E-state index in [1.807, 2.05) is 0 Å². The van der Waals surface area contributed by atoms with Gasteiger partial charge in [-0.15, -0.1) is 0 Å². The first-order valence-electron chi connectivity index (χ1n) is 5.15. The van der Waals surface area contributed by atoms with Gasteiger partial charge in [-0.05, 0) is 52.5 Å². The molecular weight excluding hydrogens is 228 g/mol. The minimum atomic E-state index is 0.902. The molecule has 0 radical (unpaired) electrons. The SMILES string of the molecule is CN(C)CCCN1CCC(CBr)C1. The predicted octanol–water partition coefficient (Wildman–Crippen LogP) is 1.65. The summed E-state index contributed by atoms with van der Waals surface area (Å²) in [4.78, 5) is 4.85. The van der Waals surface area contributed by atoms with E-state index in [4.69, 9.17) is 0 Å². The second kappa shape index (κ2) is 5.99. The van der Waals surface area contributed by atoms with Crippen molar-refractivity contribution in [2.75, 3.05) is 45.6 Å². The molecule has 13 heavy (non-hydrogen) atoms. The molecule has 78 valence electrons. The van der Waals surface area contributed by atoms with Gasteiger partial charge in [0, 0.05) is 11.9 Å². The summed E-state index contributed by atoms with van der Waals surface area (Å²) < 4.78 is 0. The molecule has 1 fully saturated rings. The second-order valence-corrected chi connectivity index (χ2v) is 4.91. The molecule has 1 rings (SSSR count). The van der Waals surface area contributed by atoms with E-state index < -0.39 is 0 Å². The number of nitrogens with zero attached hydrogens (tertiary/aromatic N) is 2. The monoisotopic (exact) mass is 248 g/mol. The average Bonchev–Trinajstić information content (AvgIpc) is 2.52. The Bertz CT molecular complexity index is 139. The summed E-state index contributed by atoms with van der Waals surface area (Å²) in [5.41, 5.74) is 0. The number of alkyl halides is 1. The van der Waals surface area contributed by atoms with Crippen LogP contribution in [0.3, 0.4) is 0 Å². The van der Waals surface area contributed by atoms with Crippen LogP contribution in [0.5, 0.6) is 0 Å². The van der Waals surface area contributed by atoms with Crippen molar-refractivity contribution in [2.45, 2.75) is 12.8 Å². The van der Waals surface area contributed by atoms with E-state index in [-0.39, 0.29) is 0 Å². The topological polar surface area (TPSA) is 6.48 Å². The lowest BCUT2D eigenvalue weighted by atomic mass is 10.2. The van der Waals surface area contributed by atoms with Crippen LogP contribution in [-0.2, 0) is 0 Å². The molecule has 2 nitrogen and oxygen atoms in total. The second-order valence-electron chi connectivity index (χ2n) is 4.27. The molecule has 1 heterocycles. The number of likely N-dealkylation sites (tertiary alicyclic amines) is 1. The Morgan fingerprint density at radius 1 is 1.46 bits per heavy atom. The van der Waals surface area contributed by atoms with Crippen molar-refractivity contribution in [3.8, 4) is 0 Å². The van der Waals surface area contributed by atoms with Crippen molar-refractivity contribution >= 4 is 15.9 Å². The molecule has 0 aliphatic carbocycles. The Kier molecular flexibility index (Phi) is 5.29. The van der Waals surface area contributed by atoms with Gasteiger partial charge in [-0.2, -0.15) is 0 Å². The zero-order valence-corrected chi connectivity index (χ0v) is 10.4. The summed E-state index contributed by atoms with van der Waals surface area (Å²) >= 11 is 3.56. The lowest BCUT2D eigenvalue weighted by molar-refractivity contribution is 0.296. The summed E-state index contributed by atoms with van der Waals surface area (Å²) in [5.74, 6) is 0.902. The molecule has 0 aromatic rings. The standard InChI is InChI=1S/C10H21BrN2/c1-12(2)5-3-6-13-7-4-10(8-11)9-13/h10H,3-9H2,1-2H3. The van der Waals surface area contributed by atoms with Crippen molar-refractivity contribution in [1.82, 2.24) is 9.80 Å². The zero-order chi connectivity index (χ0) is 9.68. The van der Waals surface area contributed by atoms with Gasteiger partial charge in [0.2, 0.25) is 0 Å². The largest absolute Gasteiger partial charge is 0.309 e. The molecule has 0 aromatic heterocycles. The van der Waals surface area contributed by atoms with E-state index in [1.165, 1.54) is 44.4 Å². The van der Waals surface area contributed by atoms with Gasteiger partial charge < -0.3 is 9.80 Å². The highest BCUT2D eigenvalue weighted by atomic mass is 79.9. The fraction of sp³-hybridized carbons (Fsp3) is 1.00. The van der Waals surface area contributed by atoms with E-state index in [9.17, 15) is 0 Å². The number of hydrogen-bond donors (Lipinski definition) is 0. The quantitative estimate of drug-likeness (QED) is 0.684. The van der Waals surface area contributed by atoms with Gasteiger partial charge in [-0.25, -0.2) is 0 Å². The van der Waals surface area contributed by atoms with Crippen molar-refractivity contribution < 1.29 is 0 Å². The number of rotatable bonds is 5. The summed E-state index contributed by atoms with van der Waals surface area (Å²) in [6, 6.07) is 0. The zero-order valence-electron chi connectivity index (χ0n) is 8.80. The van der Waals surface area contributed by atoms with Crippen molar-refractivity contribution in [2.24, 2.45) is 5.92 Å². The van der Waals surface area contributed by atoms with Crippen molar-refractivity contribution in [1.29, 1.82) is 0 Å². The molecule has 0 saturated carbocycles. The Balaban J connectivity index is 2.03. The van der Waals surface area contributed by atoms with E-state index >= 15 is 0 Å². The number of hydrogen-bond acceptors (Lipinski definition) is 2. The third kappa shape index (κ3) is 4.43. The maximum atomic E-state index is 3.56. The highest BCUT2D eigenvalue weighted by Crippen LogP contribution is 2.17. The summed E-state index contributed by atoms with van der Waals surface area (Å²) in [7, 11) is 4.29. The number of halogens is 1. The maximum absolute atomic E-state index is 3.56. The van der Waals surface area contributed by atoms with E-state index in [2.05, 4.69) is 39.8 Å². The van der Waals surface area contributed by atoms with Crippen LogP contribution in [0, 0.1) is 5.92 Å². The summed E-state index contributed by atoms with van der Waals surface area (Å²) in [6.07, 6.45) is 2.69. The van der Waals surface area contributed by atoms with Crippen LogP contribution in [0.4, 0.5) is 0 Å². The maximum Gasteiger partial charge on any atom is 0.00723 e. The van der Waals surface area contributed by atoms with E-state index in [0.717, 1.165) is 5.92 Å². The van der Waals surface area contributed by atoms with Crippen LogP contribution < -0.4 is 0 Å². The molecule has 0 aromatic carbocycles. The Morgan fingerprint density at radius 3 is 2.77 bits per heavy atom. The Hall–Kier alpha value is 0.400. The fourth-order valence-electron chi connectivity index (χ4n) is 1.85. The minimum Gasteiger partial charge on any atom is -0.309 e. The third-order valence-electron chi connectivity index (χ3n) is 2.67. The highest BCUT2D eigenvalue weighted by molar-refractivity contribution is 9.09. The van der Waals surface area contributed by atoms with Gasteiger partial charge in [0.1, 0.15) is 0 Å². The smallest absolute Gasteiger partial charge is 0.00723 e. The molecule has 1 atom stereocenters. The minimum absolute atomic E-state index is 0.902. The van der Waals surface area contributed by atoms with Gasteiger partial charge in [0.25, 0.3) is 0 Å². The first kappa shape index (κ1) is 11.5. The lowest BCUT2D eigenvalue weighted by Gasteiger charge is -2.17. The fourth-order valence-corrected chi connectivity index (χ4v) is 2.38. The Labute approximate surface area is 90.4 Å². The molecule has 0 spiro atoms. The van der Waals surface area contributed by atoms with Crippen molar-refractivity contribution in [3.63, 3.8) is 0 Å². The van der Waals surface area contributed by atoms with Crippen LogP contribution >= 0.6 is 15.9 Å². The van der Waals surface area contributed by atoms with Gasteiger partial charge in [-0.1, -0.05) is 15.9 Å². The lowest BCUT2D eigenvalue weighted by Crippen LogP contribution is -2.25. The first-order chi connectivity index (χ1) is 6.22. The molecule has 3 heteroatoms. The summed E-state index contributed by atoms with van der Waals surface area (Å²) in [6.45, 7) is 5.11. The average molecular weight is 249 g/mol. The normalized spacial score (nSPS) is 24.5.